The van der Waals surface area contributed by atoms with Gasteiger partial charge in [-0.2, -0.15) is 0 Å². The maximum absolute atomic E-state index is 14.6. The second kappa shape index (κ2) is 11.6. The zero-order valence-electron chi connectivity index (χ0n) is 21.5. The standard InChI is InChI=1S/C27H29FN4O8/c28-20-5-3-17(14-19(20)25(35)31-7-10-39-11-8-31)32-9-12-40-23(26(32)36)22(33)24(34)29-16-2-4-18-15(13-16)1-6-21(18)30-27(37)38/h2-5,13-14,21-23,30,33H,1,6-12H2,(H,29,34)(H,37,38)/t21-,22-,23-/m1/s1. The summed E-state index contributed by atoms with van der Waals surface area (Å²) in [6.45, 7) is 1.44. The Balaban J connectivity index is 1.27. The van der Waals surface area contributed by atoms with E-state index in [0.717, 1.165) is 17.2 Å². The number of hydrogen-bond donors (Lipinski definition) is 4. The van der Waals surface area contributed by atoms with Gasteiger partial charge in [0.1, 0.15) is 5.82 Å². The van der Waals surface area contributed by atoms with E-state index < -0.39 is 41.8 Å². The van der Waals surface area contributed by atoms with Crippen molar-refractivity contribution in [3.05, 3.63) is 58.9 Å². The predicted octanol–water partition coefficient (Wildman–Crippen LogP) is 1.28. The quantitative estimate of drug-likeness (QED) is 0.415. The van der Waals surface area contributed by atoms with Crippen LogP contribution in [0.15, 0.2) is 36.4 Å². The van der Waals surface area contributed by atoms with E-state index >= 15 is 0 Å². The summed E-state index contributed by atoms with van der Waals surface area (Å²) in [7, 11) is 0. The zero-order chi connectivity index (χ0) is 28.4. The summed E-state index contributed by atoms with van der Waals surface area (Å²) < 4.78 is 25.3. The van der Waals surface area contributed by atoms with Crippen LogP contribution >= 0.6 is 0 Å². The third-order valence-corrected chi connectivity index (χ3v) is 7.25. The predicted molar refractivity (Wildman–Crippen MR) is 139 cm³/mol. The van der Waals surface area contributed by atoms with Gasteiger partial charge in [-0.3, -0.25) is 14.4 Å². The highest BCUT2D eigenvalue weighted by Crippen LogP contribution is 2.33. The van der Waals surface area contributed by atoms with Crippen molar-refractivity contribution in [1.82, 2.24) is 10.2 Å². The number of rotatable bonds is 6. The lowest BCUT2D eigenvalue weighted by atomic mass is 10.1. The molecular formula is C27H29FN4O8. The Labute approximate surface area is 228 Å². The minimum absolute atomic E-state index is 0.00166. The first kappa shape index (κ1) is 27.5. The van der Waals surface area contributed by atoms with Crippen molar-refractivity contribution in [3.8, 4) is 0 Å². The number of fused-ring (bicyclic) bond motifs is 1. The molecule has 2 saturated heterocycles. The minimum Gasteiger partial charge on any atom is -0.465 e. The maximum Gasteiger partial charge on any atom is 0.405 e. The van der Waals surface area contributed by atoms with E-state index in [1.807, 2.05) is 0 Å². The maximum atomic E-state index is 14.6. The first-order valence-electron chi connectivity index (χ1n) is 12.9. The molecule has 40 heavy (non-hydrogen) atoms. The molecule has 0 unspecified atom stereocenters. The third kappa shape index (κ3) is 5.62. The number of aliphatic hydroxyl groups is 1. The smallest absolute Gasteiger partial charge is 0.405 e. The molecule has 2 fully saturated rings. The van der Waals surface area contributed by atoms with Crippen LogP contribution in [0.2, 0.25) is 0 Å². The van der Waals surface area contributed by atoms with E-state index in [1.165, 1.54) is 21.9 Å². The molecule has 13 heteroatoms. The van der Waals surface area contributed by atoms with Gasteiger partial charge in [-0.05, 0) is 54.3 Å². The molecule has 1 aliphatic carbocycles. The van der Waals surface area contributed by atoms with Crippen LogP contribution < -0.4 is 15.5 Å². The van der Waals surface area contributed by atoms with Gasteiger partial charge in [-0.15, -0.1) is 0 Å². The van der Waals surface area contributed by atoms with Crippen molar-refractivity contribution >= 4 is 35.2 Å². The molecular weight excluding hydrogens is 527 g/mol. The number of nitrogens with zero attached hydrogens (tertiary/aromatic N) is 2. The van der Waals surface area contributed by atoms with Gasteiger partial charge in [-0.1, -0.05) is 6.07 Å². The normalized spacial score (nSPS) is 21.5. The minimum atomic E-state index is -1.85. The van der Waals surface area contributed by atoms with Gasteiger partial charge in [0, 0.05) is 31.0 Å². The van der Waals surface area contributed by atoms with E-state index in [4.69, 9.17) is 14.6 Å². The molecule has 0 radical (unpaired) electrons. The Hall–Kier alpha value is -4.07. The van der Waals surface area contributed by atoms with E-state index in [0.29, 0.717) is 44.8 Å². The second-order valence-electron chi connectivity index (χ2n) is 9.74. The Morgan fingerprint density at radius 1 is 1.05 bits per heavy atom. The van der Waals surface area contributed by atoms with Gasteiger partial charge < -0.3 is 40.1 Å². The molecule has 0 spiro atoms. The van der Waals surface area contributed by atoms with Gasteiger partial charge >= 0.3 is 6.09 Å². The van der Waals surface area contributed by atoms with Gasteiger partial charge in [0.05, 0.1) is 31.4 Å². The first-order valence-corrected chi connectivity index (χ1v) is 12.9. The third-order valence-electron chi connectivity index (χ3n) is 7.25. The number of hydrogen-bond acceptors (Lipinski definition) is 7. The van der Waals surface area contributed by atoms with Crippen LogP contribution in [0.3, 0.4) is 0 Å². The molecule has 212 valence electrons. The zero-order valence-corrected chi connectivity index (χ0v) is 21.5. The molecule has 0 saturated carbocycles. The number of ether oxygens (including phenoxy) is 2. The number of carbonyl (C=O) groups excluding carboxylic acids is 3. The van der Waals surface area contributed by atoms with Crippen molar-refractivity contribution in [1.29, 1.82) is 0 Å². The molecule has 0 bridgehead atoms. The van der Waals surface area contributed by atoms with Crippen LogP contribution in [0, 0.1) is 5.82 Å². The average molecular weight is 557 g/mol. The highest BCUT2D eigenvalue weighted by atomic mass is 19.1. The first-order chi connectivity index (χ1) is 19.2. The molecule has 3 aliphatic rings. The van der Waals surface area contributed by atoms with Crippen molar-refractivity contribution in [3.63, 3.8) is 0 Å². The van der Waals surface area contributed by atoms with Crippen LogP contribution in [-0.2, 0) is 25.5 Å². The lowest BCUT2D eigenvalue weighted by Gasteiger charge is -2.34. The Kier molecular flexibility index (Phi) is 7.96. The lowest BCUT2D eigenvalue weighted by molar-refractivity contribution is -0.150. The van der Waals surface area contributed by atoms with Crippen molar-refractivity contribution < 1.29 is 43.3 Å². The topological polar surface area (TPSA) is 158 Å². The van der Waals surface area contributed by atoms with Crippen LogP contribution in [0.1, 0.15) is 33.9 Å². The van der Waals surface area contributed by atoms with E-state index in [-0.39, 0.29) is 30.4 Å². The Morgan fingerprint density at radius 2 is 1.82 bits per heavy atom. The number of nitrogens with one attached hydrogen (secondary N) is 2. The van der Waals surface area contributed by atoms with Crippen LogP contribution in [0.4, 0.5) is 20.6 Å². The summed E-state index contributed by atoms with van der Waals surface area (Å²) in [5.74, 6) is -2.81. The molecule has 12 nitrogen and oxygen atoms in total. The summed E-state index contributed by atoms with van der Waals surface area (Å²) in [5.41, 5.74) is 2.11. The fraction of sp³-hybridized carbons (Fsp3) is 0.407. The molecule has 4 amide bonds. The number of amides is 4. The number of halogens is 1. The van der Waals surface area contributed by atoms with E-state index in [2.05, 4.69) is 10.6 Å². The largest absolute Gasteiger partial charge is 0.465 e. The molecule has 0 aromatic heterocycles. The van der Waals surface area contributed by atoms with Crippen LogP contribution in [0.25, 0.3) is 0 Å². The molecule has 2 aromatic rings. The SMILES string of the molecule is O=C(O)N[C@@H]1CCc2cc(NC(=O)[C@H](O)[C@H]3OCCN(c4ccc(F)c(C(=O)N5CCOCC5)c4)C3=O)ccc21. The van der Waals surface area contributed by atoms with Gasteiger partial charge in [0.2, 0.25) is 0 Å². The van der Waals surface area contributed by atoms with E-state index in [1.54, 1.807) is 18.2 Å². The Morgan fingerprint density at radius 3 is 2.58 bits per heavy atom. The number of morpholine rings is 2. The Bertz CT molecular complexity index is 1330. The van der Waals surface area contributed by atoms with Crippen molar-refractivity contribution in [2.45, 2.75) is 31.1 Å². The molecule has 2 heterocycles. The van der Waals surface area contributed by atoms with Crippen LogP contribution in [0.5, 0.6) is 0 Å². The van der Waals surface area contributed by atoms with Crippen molar-refractivity contribution in [2.75, 3.05) is 49.7 Å². The highest BCUT2D eigenvalue weighted by molar-refractivity contribution is 6.04. The monoisotopic (exact) mass is 556 g/mol. The number of carboxylic acid groups (broad SMARTS) is 1. The van der Waals surface area contributed by atoms with Crippen molar-refractivity contribution in [2.24, 2.45) is 0 Å². The number of carbonyl (C=O) groups is 4. The van der Waals surface area contributed by atoms with Crippen LogP contribution in [-0.4, -0.2) is 90.6 Å². The summed E-state index contributed by atoms with van der Waals surface area (Å²) >= 11 is 0. The molecule has 3 atom stereocenters. The fourth-order valence-electron chi connectivity index (χ4n) is 5.22. The number of aliphatic hydroxyl groups excluding tert-OH is 1. The summed E-state index contributed by atoms with van der Waals surface area (Å²) in [4.78, 5) is 52.7. The summed E-state index contributed by atoms with van der Waals surface area (Å²) in [5, 5.41) is 24.8. The summed E-state index contributed by atoms with van der Waals surface area (Å²) in [6, 6.07) is 8.41. The average Bonchev–Trinajstić information content (AvgIpc) is 3.34. The number of benzene rings is 2. The number of aryl methyl sites for hydroxylation is 1. The van der Waals surface area contributed by atoms with E-state index in [9.17, 15) is 28.7 Å². The second-order valence-corrected chi connectivity index (χ2v) is 9.74. The lowest BCUT2D eigenvalue weighted by Crippen LogP contribution is -2.55. The molecule has 5 rings (SSSR count). The number of anilines is 2. The molecule has 4 N–H and O–H groups in total. The van der Waals surface area contributed by atoms with Gasteiger partial charge in [-0.25, -0.2) is 9.18 Å². The highest BCUT2D eigenvalue weighted by Gasteiger charge is 2.40. The fourth-order valence-corrected chi connectivity index (χ4v) is 5.22. The van der Waals surface area contributed by atoms with Gasteiger partial charge in [0.25, 0.3) is 17.7 Å². The summed E-state index contributed by atoms with van der Waals surface area (Å²) in [6.07, 6.45) is -3.29. The van der Waals surface area contributed by atoms with Gasteiger partial charge in [0.15, 0.2) is 12.2 Å². The molecule has 2 aromatic carbocycles. The molecule has 2 aliphatic heterocycles.